The first-order valence-electron chi connectivity index (χ1n) is 4.65. The first-order valence-corrected chi connectivity index (χ1v) is 4.65. The molecule has 0 aliphatic rings. The number of hydrogen-bond donors (Lipinski definition) is 1. The van der Waals surface area contributed by atoms with E-state index in [2.05, 4.69) is 5.16 Å². The summed E-state index contributed by atoms with van der Waals surface area (Å²) in [6.45, 7) is 1.81. The fraction of sp³-hybridized carbons (Fsp3) is 0.182. The molecular weight excluding hydrogens is 195 g/mol. The van der Waals surface area contributed by atoms with Gasteiger partial charge in [0.2, 0.25) is 0 Å². The normalized spacial score (nSPS) is 12.7. The number of aromatic nitrogens is 1. The van der Waals surface area contributed by atoms with Crippen molar-refractivity contribution in [2.24, 2.45) is 5.73 Å². The van der Waals surface area contributed by atoms with Crippen LogP contribution in [0.4, 0.5) is 4.39 Å². The standard InChI is InChI=1S/C11H11FN2O/c1-7(13)11-6-10(14-15-11)8-2-4-9(12)5-3-8/h2-7H,13H2,1H3. The highest BCUT2D eigenvalue weighted by atomic mass is 19.1. The highest BCUT2D eigenvalue weighted by Gasteiger charge is 2.09. The van der Waals surface area contributed by atoms with Gasteiger partial charge in [0, 0.05) is 11.6 Å². The zero-order chi connectivity index (χ0) is 10.8. The third-order valence-electron chi connectivity index (χ3n) is 2.12. The van der Waals surface area contributed by atoms with Crippen LogP contribution in [0.1, 0.15) is 18.7 Å². The van der Waals surface area contributed by atoms with Gasteiger partial charge in [-0.05, 0) is 31.2 Å². The number of nitrogens with zero attached hydrogens (tertiary/aromatic N) is 1. The van der Waals surface area contributed by atoms with Gasteiger partial charge in [-0.2, -0.15) is 0 Å². The summed E-state index contributed by atoms with van der Waals surface area (Å²) in [6.07, 6.45) is 0. The smallest absolute Gasteiger partial charge is 0.153 e. The monoisotopic (exact) mass is 206 g/mol. The van der Waals surface area contributed by atoms with Gasteiger partial charge in [0.15, 0.2) is 5.76 Å². The SMILES string of the molecule is CC(N)c1cc(-c2ccc(F)cc2)no1. The van der Waals surface area contributed by atoms with Crippen LogP contribution in [0.5, 0.6) is 0 Å². The molecule has 0 spiro atoms. The molecule has 1 heterocycles. The molecule has 4 heteroatoms. The Morgan fingerprint density at radius 3 is 2.53 bits per heavy atom. The third-order valence-corrected chi connectivity index (χ3v) is 2.12. The van der Waals surface area contributed by atoms with Crippen molar-refractivity contribution in [2.45, 2.75) is 13.0 Å². The number of halogens is 1. The Morgan fingerprint density at radius 2 is 2.00 bits per heavy atom. The van der Waals surface area contributed by atoms with Gasteiger partial charge in [-0.25, -0.2) is 4.39 Å². The van der Waals surface area contributed by atoms with Gasteiger partial charge >= 0.3 is 0 Å². The van der Waals surface area contributed by atoms with Crippen LogP contribution in [-0.4, -0.2) is 5.16 Å². The molecule has 0 amide bonds. The first-order chi connectivity index (χ1) is 7.16. The van der Waals surface area contributed by atoms with Crippen LogP contribution in [0.3, 0.4) is 0 Å². The summed E-state index contributed by atoms with van der Waals surface area (Å²) in [6, 6.07) is 7.64. The Bertz CT molecular complexity index is 448. The van der Waals surface area contributed by atoms with Crippen LogP contribution in [-0.2, 0) is 0 Å². The van der Waals surface area contributed by atoms with Crippen molar-refractivity contribution >= 4 is 0 Å². The lowest BCUT2D eigenvalue weighted by atomic mass is 10.1. The van der Waals surface area contributed by atoms with Crippen molar-refractivity contribution < 1.29 is 8.91 Å². The van der Waals surface area contributed by atoms with Gasteiger partial charge in [-0.15, -0.1) is 0 Å². The minimum Gasteiger partial charge on any atom is -0.359 e. The van der Waals surface area contributed by atoms with Gasteiger partial charge in [0.25, 0.3) is 0 Å². The molecule has 15 heavy (non-hydrogen) atoms. The molecule has 1 atom stereocenters. The average Bonchev–Trinajstić information content (AvgIpc) is 2.68. The van der Waals surface area contributed by atoms with E-state index in [0.717, 1.165) is 5.56 Å². The predicted octanol–water partition coefficient (Wildman–Crippen LogP) is 2.50. The van der Waals surface area contributed by atoms with Crippen molar-refractivity contribution in [1.29, 1.82) is 0 Å². The van der Waals surface area contributed by atoms with Crippen LogP contribution in [0.2, 0.25) is 0 Å². The molecule has 0 aliphatic heterocycles. The van der Waals surface area contributed by atoms with Crippen LogP contribution < -0.4 is 5.73 Å². The Labute approximate surface area is 86.7 Å². The third kappa shape index (κ3) is 2.05. The topological polar surface area (TPSA) is 52.0 Å². The molecule has 2 rings (SSSR count). The molecule has 1 aromatic heterocycles. The number of benzene rings is 1. The predicted molar refractivity (Wildman–Crippen MR) is 54.5 cm³/mol. The van der Waals surface area contributed by atoms with E-state index in [9.17, 15) is 4.39 Å². The maximum absolute atomic E-state index is 12.7. The van der Waals surface area contributed by atoms with Gasteiger partial charge in [0.1, 0.15) is 11.5 Å². The van der Waals surface area contributed by atoms with E-state index in [-0.39, 0.29) is 11.9 Å². The largest absolute Gasteiger partial charge is 0.359 e. The first kappa shape index (κ1) is 9.86. The van der Waals surface area contributed by atoms with Gasteiger partial charge in [-0.1, -0.05) is 5.16 Å². The van der Waals surface area contributed by atoms with E-state index in [1.165, 1.54) is 12.1 Å². The zero-order valence-corrected chi connectivity index (χ0v) is 8.27. The van der Waals surface area contributed by atoms with E-state index in [0.29, 0.717) is 11.5 Å². The van der Waals surface area contributed by atoms with Crippen molar-refractivity contribution in [1.82, 2.24) is 5.16 Å². The molecule has 0 aliphatic carbocycles. The van der Waals surface area contributed by atoms with Crippen LogP contribution in [0, 0.1) is 5.82 Å². The summed E-state index contributed by atoms with van der Waals surface area (Å²) in [5.74, 6) is 0.351. The number of hydrogen-bond acceptors (Lipinski definition) is 3. The molecule has 0 saturated carbocycles. The fourth-order valence-corrected chi connectivity index (χ4v) is 1.26. The minimum atomic E-state index is -0.269. The Morgan fingerprint density at radius 1 is 1.33 bits per heavy atom. The highest BCUT2D eigenvalue weighted by molar-refractivity contribution is 5.58. The summed E-state index contributed by atoms with van der Waals surface area (Å²) in [7, 11) is 0. The quantitative estimate of drug-likeness (QED) is 0.821. The molecule has 1 unspecified atom stereocenters. The van der Waals surface area contributed by atoms with Crippen LogP contribution >= 0.6 is 0 Å². The Kier molecular flexibility index (Phi) is 2.51. The Balaban J connectivity index is 2.33. The molecular formula is C11H11FN2O. The van der Waals surface area contributed by atoms with E-state index in [4.69, 9.17) is 10.3 Å². The second kappa shape index (κ2) is 3.82. The molecule has 0 saturated heterocycles. The summed E-state index contributed by atoms with van der Waals surface area (Å²) in [4.78, 5) is 0. The van der Waals surface area contributed by atoms with Crippen molar-refractivity contribution in [3.8, 4) is 11.3 Å². The molecule has 78 valence electrons. The van der Waals surface area contributed by atoms with E-state index < -0.39 is 0 Å². The lowest BCUT2D eigenvalue weighted by Gasteiger charge is -1.95. The molecule has 1 aromatic carbocycles. The summed E-state index contributed by atoms with van der Waals surface area (Å²) >= 11 is 0. The zero-order valence-electron chi connectivity index (χ0n) is 8.27. The number of nitrogens with two attached hydrogens (primary N) is 1. The van der Waals surface area contributed by atoms with Crippen molar-refractivity contribution in [3.05, 3.63) is 41.9 Å². The van der Waals surface area contributed by atoms with Crippen LogP contribution in [0.25, 0.3) is 11.3 Å². The Hall–Kier alpha value is -1.68. The lowest BCUT2D eigenvalue weighted by molar-refractivity contribution is 0.369. The molecule has 3 nitrogen and oxygen atoms in total. The van der Waals surface area contributed by atoms with Crippen LogP contribution in [0.15, 0.2) is 34.9 Å². The van der Waals surface area contributed by atoms with Crippen molar-refractivity contribution in [3.63, 3.8) is 0 Å². The average molecular weight is 206 g/mol. The van der Waals surface area contributed by atoms with Gasteiger partial charge in [0.05, 0.1) is 6.04 Å². The molecule has 0 bridgehead atoms. The lowest BCUT2D eigenvalue weighted by Crippen LogP contribution is -2.02. The van der Waals surface area contributed by atoms with E-state index in [1.54, 1.807) is 18.2 Å². The molecule has 2 N–H and O–H groups in total. The molecule has 0 radical (unpaired) electrons. The van der Waals surface area contributed by atoms with Gasteiger partial charge in [-0.3, -0.25) is 0 Å². The van der Waals surface area contributed by atoms with Crippen molar-refractivity contribution in [2.75, 3.05) is 0 Å². The second-order valence-corrected chi connectivity index (χ2v) is 3.41. The summed E-state index contributed by atoms with van der Waals surface area (Å²) < 4.78 is 17.7. The molecule has 0 fully saturated rings. The maximum Gasteiger partial charge on any atom is 0.153 e. The second-order valence-electron chi connectivity index (χ2n) is 3.41. The van der Waals surface area contributed by atoms with E-state index >= 15 is 0 Å². The maximum atomic E-state index is 12.7. The van der Waals surface area contributed by atoms with E-state index in [1.807, 2.05) is 6.92 Å². The van der Waals surface area contributed by atoms with Gasteiger partial charge < -0.3 is 10.3 Å². The highest BCUT2D eigenvalue weighted by Crippen LogP contribution is 2.21. The minimum absolute atomic E-state index is 0.188. The fourth-order valence-electron chi connectivity index (χ4n) is 1.26. The molecule has 2 aromatic rings. The summed E-state index contributed by atoms with van der Waals surface area (Å²) in [5.41, 5.74) is 7.12. The summed E-state index contributed by atoms with van der Waals surface area (Å²) in [5, 5.41) is 3.86. The number of rotatable bonds is 2.